The van der Waals surface area contributed by atoms with E-state index in [1.54, 1.807) is 12.4 Å². The molecule has 2 heteroatoms. The van der Waals surface area contributed by atoms with Gasteiger partial charge in [0.25, 0.3) is 0 Å². The van der Waals surface area contributed by atoms with Crippen LogP contribution < -0.4 is 0 Å². The Kier molecular flexibility index (Phi) is 2.33. The Balaban J connectivity index is 2.35. The Bertz CT molecular complexity index is 669. The summed E-state index contributed by atoms with van der Waals surface area (Å²) in [5.74, 6) is 0. The van der Waals surface area contributed by atoms with Crippen molar-refractivity contribution in [3.63, 3.8) is 0 Å². The van der Waals surface area contributed by atoms with Crippen molar-refractivity contribution in [2.24, 2.45) is 0 Å². The minimum Gasteiger partial charge on any atom is -0.253 e. The van der Waals surface area contributed by atoms with E-state index in [1.165, 1.54) is 11.1 Å². The van der Waals surface area contributed by atoms with Gasteiger partial charge in [-0.05, 0) is 24.1 Å². The quantitative estimate of drug-likeness (QED) is 0.626. The van der Waals surface area contributed by atoms with Crippen molar-refractivity contribution in [1.82, 2.24) is 9.97 Å². The van der Waals surface area contributed by atoms with E-state index < -0.39 is 0 Å². The van der Waals surface area contributed by atoms with Gasteiger partial charge in [0.05, 0.1) is 11.0 Å². The highest BCUT2D eigenvalue weighted by Crippen LogP contribution is 2.28. The first-order chi connectivity index (χ1) is 8.36. The van der Waals surface area contributed by atoms with Gasteiger partial charge in [0.1, 0.15) is 0 Å². The highest BCUT2D eigenvalue weighted by Gasteiger charge is 2.06. The third-order valence-corrected chi connectivity index (χ3v) is 2.93. The molecule has 0 unspecified atom stereocenters. The van der Waals surface area contributed by atoms with Crippen molar-refractivity contribution in [3.05, 3.63) is 60.4 Å². The number of para-hydroxylation sites is 1. The SMILES string of the molecule is Cc1ccccc1-c1cccc2nccnc12. The van der Waals surface area contributed by atoms with Crippen LogP contribution in [0, 0.1) is 6.92 Å². The molecule has 2 aromatic carbocycles. The fraction of sp³-hybridized carbons (Fsp3) is 0.0667. The molecule has 0 spiro atoms. The number of hydrogen-bond donors (Lipinski definition) is 0. The maximum Gasteiger partial charge on any atom is 0.0965 e. The molecular formula is C15H12N2. The zero-order valence-corrected chi connectivity index (χ0v) is 9.59. The average molecular weight is 220 g/mol. The van der Waals surface area contributed by atoms with Crippen LogP contribution in [0.1, 0.15) is 5.56 Å². The molecule has 1 heterocycles. The van der Waals surface area contributed by atoms with Crippen LogP contribution in [-0.2, 0) is 0 Å². The molecule has 0 bridgehead atoms. The Morgan fingerprint density at radius 1 is 0.765 bits per heavy atom. The Hall–Kier alpha value is -2.22. The van der Waals surface area contributed by atoms with Crippen LogP contribution in [0.3, 0.4) is 0 Å². The first-order valence-corrected chi connectivity index (χ1v) is 5.62. The minimum atomic E-state index is 0.938. The molecule has 0 saturated heterocycles. The van der Waals surface area contributed by atoms with Crippen LogP contribution in [0.5, 0.6) is 0 Å². The molecule has 2 nitrogen and oxygen atoms in total. The van der Waals surface area contributed by atoms with E-state index in [4.69, 9.17) is 0 Å². The van der Waals surface area contributed by atoms with Crippen molar-refractivity contribution in [1.29, 1.82) is 0 Å². The largest absolute Gasteiger partial charge is 0.253 e. The summed E-state index contributed by atoms with van der Waals surface area (Å²) in [4.78, 5) is 8.77. The molecule has 17 heavy (non-hydrogen) atoms. The number of rotatable bonds is 1. The summed E-state index contributed by atoms with van der Waals surface area (Å²) in [7, 11) is 0. The summed E-state index contributed by atoms with van der Waals surface area (Å²) < 4.78 is 0. The van der Waals surface area contributed by atoms with Crippen molar-refractivity contribution in [3.8, 4) is 11.1 Å². The fourth-order valence-corrected chi connectivity index (χ4v) is 2.09. The molecule has 0 N–H and O–H groups in total. The van der Waals surface area contributed by atoms with Crippen LogP contribution in [0.15, 0.2) is 54.9 Å². The van der Waals surface area contributed by atoms with Crippen molar-refractivity contribution in [2.75, 3.05) is 0 Å². The monoisotopic (exact) mass is 220 g/mol. The van der Waals surface area contributed by atoms with Gasteiger partial charge in [-0.1, -0.05) is 36.4 Å². The van der Waals surface area contributed by atoms with E-state index in [2.05, 4.69) is 47.2 Å². The number of fused-ring (bicyclic) bond motifs is 1. The zero-order valence-electron chi connectivity index (χ0n) is 9.59. The van der Waals surface area contributed by atoms with Crippen LogP contribution in [-0.4, -0.2) is 9.97 Å². The molecule has 0 aliphatic rings. The molecular weight excluding hydrogens is 208 g/mol. The van der Waals surface area contributed by atoms with Gasteiger partial charge < -0.3 is 0 Å². The third kappa shape index (κ3) is 1.68. The first-order valence-electron chi connectivity index (χ1n) is 5.62. The lowest BCUT2D eigenvalue weighted by Gasteiger charge is -2.07. The predicted octanol–water partition coefficient (Wildman–Crippen LogP) is 3.61. The van der Waals surface area contributed by atoms with E-state index in [1.807, 2.05) is 12.1 Å². The average Bonchev–Trinajstić information content (AvgIpc) is 2.39. The number of aryl methyl sites for hydroxylation is 1. The van der Waals surface area contributed by atoms with Crippen LogP contribution >= 0.6 is 0 Å². The molecule has 0 saturated carbocycles. The van der Waals surface area contributed by atoms with Gasteiger partial charge in [0.15, 0.2) is 0 Å². The first kappa shape index (κ1) is 9.97. The van der Waals surface area contributed by atoms with Gasteiger partial charge >= 0.3 is 0 Å². The highest BCUT2D eigenvalue weighted by atomic mass is 14.8. The summed E-state index contributed by atoms with van der Waals surface area (Å²) in [5, 5.41) is 0. The normalized spacial score (nSPS) is 10.6. The molecule has 0 fully saturated rings. The Labute approximate surface area is 100.0 Å². The zero-order chi connectivity index (χ0) is 11.7. The van der Waals surface area contributed by atoms with E-state index >= 15 is 0 Å². The van der Waals surface area contributed by atoms with E-state index in [-0.39, 0.29) is 0 Å². The maximum absolute atomic E-state index is 4.44. The van der Waals surface area contributed by atoms with Crippen molar-refractivity contribution in [2.45, 2.75) is 6.92 Å². The lowest BCUT2D eigenvalue weighted by molar-refractivity contribution is 1.29. The number of benzene rings is 2. The van der Waals surface area contributed by atoms with E-state index in [0.29, 0.717) is 0 Å². The molecule has 1 aromatic heterocycles. The van der Waals surface area contributed by atoms with Gasteiger partial charge in [0, 0.05) is 18.0 Å². The lowest BCUT2D eigenvalue weighted by atomic mass is 9.99. The van der Waals surface area contributed by atoms with Crippen LogP contribution in [0.2, 0.25) is 0 Å². The number of nitrogens with zero attached hydrogens (tertiary/aromatic N) is 2. The molecule has 3 aromatic rings. The topological polar surface area (TPSA) is 25.8 Å². The summed E-state index contributed by atoms with van der Waals surface area (Å²) in [6, 6.07) is 14.5. The Morgan fingerprint density at radius 3 is 2.41 bits per heavy atom. The highest BCUT2D eigenvalue weighted by molar-refractivity contribution is 5.92. The third-order valence-electron chi connectivity index (χ3n) is 2.93. The van der Waals surface area contributed by atoms with E-state index in [0.717, 1.165) is 16.6 Å². The fourth-order valence-electron chi connectivity index (χ4n) is 2.09. The van der Waals surface area contributed by atoms with Gasteiger partial charge in [-0.3, -0.25) is 9.97 Å². The van der Waals surface area contributed by atoms with E-state index in [9.17, 15) is 0 Å². The predicted molar refractivity (Wildman–Crippen MR) is 69.7 cm³/mol. The molecule has 0 aliphatic carbocycles. The summed E-state index contributed by atoms with van der Waals surface area (Å²) in [6.45, 7) is 2.12. The summed E-state index contributed by atoms with van der Waals surface area (Å²) >= 11 is 0. The maximum atomic E-state index is 4.44. The second-order valence-electron chi connectivity index (χ2n) is 4.04. The lowest BCUT2D eigenvalue weighted by Crippen LogP contribution is -1.88. The second kappa shape index (κ2) is 3.98. The van der Waals surface area contributed by atoms with Gasteiger partial charge in [-0.2, -0.15) is 0 Å². The smallest absolute Gasteiger partial charge is 0.0965 e. The van der Waals surface area contributed by atoms with Crippen LogP contribution in [0.4, 0.5) is 0 Å². The second-order valence-corrected chi connectivity index (χ2v) is 4.04. The Morgan fingerprint density at radius 2 is 1.53 bits per heavy atom. The molecule has 0 aliphatic heterocycles. The van der Waals surface area contributed by atoms with Gasteiger partial charge in [-0.15, -0.1) is 0 Å². The number of aromatic nitrogens is 2. The van der Waals surface area contributed by atoms with Gasteiger partial charge in [0.2, 0.25) is 0 Å². The molecule has 3 rings (SSSR count). The standard InChI is InChI=1S/C15H12N2/c1-11-5-2-3-6-12(11)13-7-4-8-14-15(13)17-10-9-16-14/h2-10H,1H3. The van der Waals surface area contributed by atoms with Crippen LogP contribution in [0.25, 0.3) is 22.2 Å². The molecule has 0 radical (unpaired) electrons. The van der Waals surface area contributed by atoms with Crippen molar-refractivity contribution >= 4 is 11.0 Å². The van der Waals surface area contributed by atoms with Gasteiger partial charge in [-0.25, -0.2) is 0 Å². The van der Waals surface area contributed by atoms with Crippen molar-refractivity contribution < 1.29 is 0 Å². The number of hydrogen-bond acceptors (Lipinski definition) is 2. The molecule has 0 amide bonds. The summed E-state index contributed by atoms with van der Waals surface area (Å²) in [5.41, 5.74) is 5.52. The summed E-state index contributed by atoms with van der Waals surface area (Å²) in [6.07, 6.45) is 3.47. The molecule has 0 atom stereocenters. The molecule has 82 valence electrons. The minimum absolute atomic E-state index is 0.938.